The van der Waals surface area contributed by atoms with Crippen LogP contribution in [0.15, 0.2) is 47.2 Å². The average molecular weight is 324 g/mol. The monoisotopic (exact) mass is 324 g/mol. The van der Waals surface area contributed by atoms with E-state index in [1.165, 1.54) is 0 Å². The van der Waals surface area contributed by atoms with E-state index in [4.69, 9.17) is 4.52 Å². The number of anilines is 2. The summed E-state index contributed by atoms with van der Waals surface area (Å²) in [5.41, 5.74) is 2.09. The van der Waals surface area contributed by atoms with E-state index in [9.17, 15) is 0 Å². The van der Waals surface area contributed by atoms with Crippen LogP contribution < -0.4 is 10.2 Å². The molecule has 0 atom stereocenters. The second kappa shape index (κ2) is 7.54. The molecule has 0 saturated carbocycles. The van der Waals surface area contributed by atoms with Gasteiger partial charge < -0.3 is 14.7 Å². The third-order valence-electron chi connectivity index (χ3n) is 3.53. The standard InChI is InChI=1S/C17H20N6O/c1-23(2)14-8-6-13(7-9-14)16-21-15(24-22-16)5-3-10-18-17-19-11-4-12-20-17/h4,6-9,11-12H,3,5,10H2,1-2H3,(H,18,19,20). The molecular weight excluding hydrogens is 304 g/mol. The summed E-state index contributed by atoms with van der Waals surface area (Å²) in [4.78, 5) is 14.7. The molecular formula is C17H20N6O. The number of hydrogen-bond acceptors (Lipinski definition) is 7. The van der Waals surface area contributed by atoms with Gasteiger partial charge in [0.15, 0.2) is 0 Å². The van der Waals surface area contributed by atoms with Gasteiger partial charge >= 0.3 is 0 Å². The molecule has 2 aromatic heterocycles. The van der Waals surface area contributed by atoms with Crippen molar-refractivity contribution in [2.24, 2.45) is 0 Å². The maximum atomic E-state index is 5.32. The van der Waals surface area contributed by atoms with Gasteiger partial charge in [-0.05, 0) is 36.8 Å². The van der Waals surface area contributed by atoms with Gasteiger partial charge in [0.05, 0.1) is 0 Å². The van der Waals surface area contributed by atoms with Gasteiger partial charge in [0.1, 0.15) is 0 Å². The topological polar surface area (TPSA) is 80.0 Å². The summed E-state index contributed by atoms with van der Waals surface area (Å²) in [7, 11) is 4.02. The highest BCUT2D eigenvalue weighted by atomic mass is 16.5. The first-order chi connectivity index (χ1) is 11.7. The fourth-order valence-electron chi connectivity index (χ4n) is 2.21. The van der Waals surface area contributed by atoms with Crippen LogP contribution in [0, 0.1) is 0 Å². The molecule has 0 bridgehead atoms. The van der Waals surface area contributed by atoms with Gasteiger partial charge in [-0.15, -0.1) is 0 Å². The number of rotatable bonds is 7. The maximum absolute atomic E-state index is 5.32. The Morgan fingerprint density at radius 1 is 1.08 bits per heavy atom. The molecule has 0 amide bonds. The Bertz CT molecular complexity index is 754. The van der Waals surface area contributed by atoms with Crippen LogP contribution in [0.2, 0.25) is 0 Å². The number of nitrogens with one attached hydrogen (secondary N) is 1. The summed E-state index contributed by atoms with van der Waals surface area (Å²) in [6.45, 7) is 0.749. The normalized spacial score (nSPS) is 10.6. The van der Waals surface area contributed by atoms with Crippen molar-refractivity contribution in [2.75, 3.05) is 30.9 Å². The summed E-state index contributed by atoms with van der Waals surface area (Å²) in [5.74, 6) is 1.89. The summed E-state index contributed by atoms with van der Waals surface area (Å²) in [6, 6.07) is 9.86. The molecule has 0 unspecified atom stereocenters. The van der Waals surface area contributed by atoms with Crippen molar-refractivity contribution in [1.29, 1.82) is 0 Å². The van der Waals surface area contributed by atoms with Gasteiger partial charge in [-0.25, -0.2) is 9.97 Å². The third-order valence-corrected chi connectivity index (χ3v) is 3.53. The number of aryl methyl sites for hydroxylation is 1. The Labute approximate surface area is 140 Å². The summed E-state index contributed by atoms with van der Waals surface area (Å²) < 4.78 is 5.32. The van der Waals surface area contributed by atoms with Crippen LogP contribution in [0.4, 0.5) is 11.6 Å². The van der Waals surface area contributed by atoms with Crippen LogP contribution in [0.5, 0.6) is 0 Å². The second-order valence-corrected chi connectivity index (χ2v) is 5.56. The molecule has 124 valence electrons. The van der Waals surface area contributed by atoms with Crippen molar-refractivity contribution in [3.05, 3.63) is 48.6 Å². The largest absolute Gasteiger partial charge is 0.378 e. The maximum Gasteiger partial charge on any atom is 0.227 e. The lowest BCUT2D eigenvalue weighted by atomic mass is 10.2. The van der Waals surface area contributed by atoms with Crippen LogP contribution >= 0.6 is 0 Å². The van der Waals surface area contributed by atoms with Crippen molar-refractivity contribution in [3.8, 4) is 11.4 Å². The molecule has 24 heavy (non-hydrogen) atoms. The summed E-state index contributed by atoms with van der Waals surface area (Å²) in [5, 5.41) is 7.21. The lowest BCUT2D eigenvalue weighted by Gasteiger charge is -2.11. The molecule has 0 spiro atoms. The third kappa shape index (κ3) is 4.07. The Hall–Kier alpha value is -2.96. The molecule has 1 N–H and O–H groups in total. The SMILES string of the molecule is CN(C)c1ccc(-c2noc(CCCNc3ncccn3)n2)cc1. The van der Waals surface area contributed by atoms with E-state index in [0.717, 1.165) is 24.2 Å². The van der Waals surface area contributed by atoms with Gasteiger partial charge in [-0.3, -0.25) is 0 Å². The quantitative estimate of drug-likeness (QED) is 0.669. The fraction of sp³-hybridized carbons (Fsp3) is 0.294. The molecule has 7 heteroatoms. The first-order valence-corrected chi connectivity index (χ1v) is 7.83. The zero-order valence-corrected chi connectivity index (χ0v) is 13.8. The molecule has 2 heterocycles. The average Bonchev–Trinajstić information content (AvgIpc) is 3.09. The van der Waals surface area contributed by atoms with Crippen LogP contribution in [0.1, 0.15) is 12.3 Å². The molecule has 1 aromatic carbocycles. The van der Waals surface area contributed by atoms with E-state index < -0.39 is 0 Å². The smallest absolute Gasteiger partial charge is 0.227 e. The Morgan fingerprint density at radius 3 is 2.54 bits per heavy atom. The fourth-order valence-corrected chi connectivity index (χ4v) is 2.21. The number of nitrogens with zero attached hydrogens (tertiary/aromatic N) is 5. The first kappa shape index (κ1) is 15.9. The number of benzene rings is 1. The highest BCUT2D eigenvalue weighted by Crippen LogP contribution is 2.20. The molecule has 0 aliphatic heterocycles. The van der Waals surface area contributed by atoms with E-state index in [0.29, 0.717) is 24.1 Å². The summed E-state index contributed by atoms with van der Waals surface area (Å²) in [6.07, 6.45) is 4.99. The molecule has 3 aromatic rings. The Kier molecular flexibility index (Phi) is 5.00. The van der Waals surface area contributed by atoms with Crippen LogP contribution in [0.25, 0.3) is 11.4 Å². The van der Waals surface area contributed by atoms with E-state index in [2.05, 4.69) is 30.3 Å². The predicted octanol–water partition coefficient (Wildman–Crippen LogP) is 2.64. The number of aromatic nitrogens is 4. The Morgan fingerprint density at radius 2 is 1.83 bits per heavy atom. The zero-order chi connectivity index (χ0) is 16.8. The minimum Gasteiger partial charge on any atom is -0.378 e. The Balaban J connectivity index is 1.52. The zero-order valence-electron chi connectivity index (χ0n) is 13.8. The van der Waals surface area contributed by atoms with Crippen LogP contribution in [0.3, 0.4) is 0 Å². The summed E-state index contributed by atoms with van der Waals surface area (Å²) >= 11 is 0. The van der Waals surface area contributed by atoms with Crippen molar-refractivity contribution < 1.29 is 4.52 Å². The van der Waals surface area contributed by atoms with Crippen molar-refractivity contribution >= 4 is 11.6 Å². The molecule has 0 radical (unpaired) electrons. The highest BCUT2D eigenvalue weighted by molar-refractivity contribution is 5.59. The van der Waals surface area contributed by atoms with E-state index in [-0.39, 0.29) is 0 Å². The highest BCUT2D eigenvalue weighted by Gasteiger charge is 2.08. The van der Waals surface area contributed by atoms with Gasteiger partial charge in [0, 0.05) is 50.7 Å². The van der Waals surface area contributed by atoms with Gasteiger partial charge in [-0.1, -0.05) is 5.16 Å². The second-order valence-electron chi connectivity index (χ2n) is 5.56. The number of hydrogen-bond donors (Lipinski definition) is 1. The molecule has 0 fully saturated rings. The van der Waals surface area contributed by atoms with Crippen LogP contribution in [-0.4, -0.2) is 40.7 Å². The van der Waals surface area contributed by atoms with E-state index >= 15 is 0 Å². The van der Waals surface area contributed by atoms with E-state index in [1.54, 1.807) is 18.5 Å². The van der Waals surface area contributed by atoms with E-state index in [1.807, 2.05) is 38.4 Å². The van der Waals surface area contributed by atoms with Gasteiger partial charge in [0.25, 0.3) is 0 Å². The van der Waals surface area contributed by atoms with Crippen LogP contribution in [-0.2, 0) is 6.42 Å². The van der Waals surface area contributed by atoms with Gasteiger partial charge in [0.2, 0.25) is 17.7 Å². The van der Waals surface area contributed by atoms with Crippen molar-refractivity contribution in [3.63, 3.8) is 0 Å². The molecule has 0 aliphatic rings. The lowest BCUT2D eigenvalue weighted by molar-refractivity contribution is 0.377. The minimum absolute atomic E-state index is 0.620. The van der Waals surface area contributed by atoms with Gasteiger partial charge in [-0.2, -0.15) is 4.98 Å². The van der Waals surface area contributed by atoms with Crippen molar-refractivity contribution in [1.82, 2.24) is 20.1 Å². The lowest BCUT2D eigenvalue weighted by Crippen LogP contribution is -2.07. The molecule has 0 saturated heterocycles. The van der Waals surface area contributed by atoms with Crippen molar-refractivity contribution in [2.45, 2.75) is 12.8 Å². The molecule has 3 rings (SSSR count). The molecule has 7 nitrogen and oxygen atoms in total. The predicted molar refractivity (Wildman–Crippen MR) is 92.9 cm³/mol. The first-order valence-electron chi connectivity index (χ1n) is 7.83. The molecule has 0 aliphatic carbocycles. The minimum atomic E-state index is 0.620.